The number of aldehydes is 1. The second kappa shape index (κ2) is 4.65. The second-order valence-electron chi connectivity index (χ2n) is 3.01. The number of nitrogen functional groups attached to an aromatic ring is 1. The van der Waals surface area contributed by atoms with Crippen molar-refractivity contribution in [3.05, 3.63) is 23.8 Å². The second-order valence-corrected chi connectivity index (χ2v) is 3.01. The summed E-state index contributed by atoms with van der Waals surface area (Å²) in [5, 5.41) is 3.09. The molecule has 76 valence electrons. The van der Waals surface area contributed by atoms with Crippen LogP contribution < -0.4 is 11.1 Å². The van der Waals surface area contributed by atoms with Crippen molar-refractivity contribution in [2.75, 3.05) is 11.1 Å². The van der Waals surface area contributed by atoms with E-state index in [2.05, 4.69) is 5.32 Å². The lowest BCUT2D eigenvalue weighted by Gasteiger charge is -2.00. The molecule has 0 radical (unpaired) electrons. The number of nitrogens with one attached hydrogen (secondary N) is 1. The van der Waals surface area contributed by atoms with Gasteiger partial charge in [0.05, 0.1) is 6.04 Å². The van der Waals surface area contributed by atoms with Crippen LogP contribution in [0.1, 0.15) is 19.4 Å². The van der Waals surface area contributed by atoms with Crippen LogP contribution in [0.2, 0.25) is 0 Å². The summed E-state index contributed by atoms with van der Waals surface area (Å²) >= 11 is 0. The predicted octanol–water partition coefficient (Wildman–Crippen LogP) is 1.83. The number of fused-ring (bicyclic) bond motifs is 1. The van der Waals surface area contributed by atoms with Crippen LogP contribution in [0.4, 0.5) is 11.4 Å². The summed E-state index contributed by atoms with van der Waals surface area (Å²) < 4.78 is 0. The van der Waals surface area contributed by atoms with Crippen molar-refractivity contribution >= 4 is 17.7 Å². The summed E-state index contributed by atoms with van der Waals surface area (Å²) in [4.78, 5) is 10.5. The molecule has 0 saturated heterocycles. The van der Waals surface area contributed by atoms with Gasteiger partial charge in [0.15, 0.2) is 0 Å². The molecule has 0 aliphatic carbocycles. The van der Waals surface area contributed by atoms with Gasteiger partial charge in [-0.25, -0.2) is 0 Å². The molecule has 1 atom stereocenters. The first-order valence-electron chi connectivity index (χ1n) is 4.90. The van der Waals surface area contributed by atoms with E-state index in [1.54, 1.807) is 0 Å². The van der Waals surface area contributed by atoms with Gasteiger partial charge in [-0.2, -0.15) is 0 Å². The number of carbonyl (C=O) groups is 1. The highest BCUT2D eigenvalue weighted by atomic mass is 16.1. The molecule has 3 N–H and O–H groups in total. The van der Waals surface area contributed by atoms with E-state index in [4.69, 9.17) is 5.73 Å². The molecule has 3 nitrogen and oxygen atoms in total. The molecule has 2 rings (SSSR count). The Morgan fingerprint density at radius 2 is 2.21 bits per heavy atom. The number of rotatable bonds is 1. The van der Waals surface area contributed by atoms with Crippen molar-refractivity contribution in [2.24, 2.45) is 0 Å². The number of nitrogens with two attached hydrogens (primary N) is 1. The number of anilines is 2. The topological polar surface area (TPSA) is 55.1 Å². The summed E-state index contributed by atoms with van der Waals surface area (Å²) in [6, 6.07) is 5.58. The van der Waals surface area contributed by atoms with E-state index >= 15 is 0 Å². The smallest absolute Gasteiger partial charge is 0.142 e. The molecule has 1 aliphatic heterocycles. The van der Waals surface area contributed by atoms with E-state index < -0.39 is 0 Å². The Labute approximate surface area is 84.3 Å². The van der Waals surface area contributed by atoms with Gasteiger partial charge in [0, 0.05) is 17.8 Å². The Morgan fingerprint density at radius 1 is 1.50 bits per heavy atom. The molecule has 1 aromatic carbocycles. The molecule has 1 unspecified atom stereocenters. The highest BCUT2D eigenvalue weighted by Crippen LogP contribution is 2.26. The van der Waals surface area contributed by atoms with Crippen LogP contribution >= 0.6 is 0 Å². The molecule has 0 aromatic heterocycles. The van der Waals surface area contributed by atoms with E-state index in [0.29, 0.717) is 0 Å². The zero-order chi connectivity index (χ0) is 10.6. The normalized spacial score (nSPS) is 17.4. The van der Waals surface area contributed by atoms with E-state index in [9.17, 15) is 4.79 Å². The van der Waals surface area contributed by atoms with Crippen molar-refractivity contribution in [3.8, 4) is 0 Å². The molecule has 0 spiro atoms. The van der Waals surface area contributed by atoms with Gasteiger partial charge < -0.3 is 15.8 Å². The first kappa shape index (κ1) is 10.6. The maximum Gasteiger partial charge on any atom is 0.142 e. The van der Waals surface area contributed by atoms with E-state index in [1.165, 1.54) is 0 Å². The molecule has 1 heterocycles. The lowest BCUT2D eigenvalue weighted by Crippen LogP contribution is -2.15. The maximum atomic E-state index is 10.5. The van der Waals surface area contributed by atoms with Crippen LogP contribution in [0, 0.1) is 0 Å². The quantitative estimate of drug-likeness (QED) is 0.527. The van der Waals surface area contributed by atoms with Gasteiger partial charge in [0.1, 0.15) is 6.29 Å². The Hall–Kier alpha value is -1.51. The minimum absolute atomic E-state index is 0.0678. The van der Waals surface area contributed by atoms with Crippen LogP contribution in [-0.2, 0) is 11.2 Å². The minimum Gasteiger partial charge on any atom is -0.399 e. The van der Waals surface area contributed by atoms with Crippen LogP contribution in [0.15, 0.2) is 18.2 Å². The first-order valence-corrected chi connectivity index (χ1v) is 4.90. The van der Waals surface area contributed by atoms with Crippen molar-refractivity contribution in [3.63, 3.8) is 0 Å². The summed E-state index contributed by atoms with van der Waals surface area (Å²) in [6.45, 7) is 4.00. The fraction of sp³-hybridized carbons (Fsp3) is 0.364. The molecule has 0 amide bonds. The van der Waals surface area contributed by atoms with Gasteiger partial charge in [-0.1, -0.05) is 13.8 Å². The highest BCUT2D eigenvalue weighted by Gasteiger charge is 2.19. The van der Waals surface area contributed by atoms with Gasteiger partial charge in [-0.3, -0.25) is 0 Å². The summed E-state index contributed by atoms with van der Waals surface area (Å²) in [7, 11) is 0. The standard InChI is InChI=1S/C9H10N2O.C2H6/c10-7-1-2-9-6(3-7)4-8(5-12)11-9;1-2/h1-3,5,8,11H,4,10H2;1-2H3. The largest absolute Gasteiger partial charge is 0.399 e. The van der Waals surface area contributed by atoms with E-state index in [1.807, 2.05) is 32.0 Å². The van der Waals surface area contributed by atoms with Crippen LogP contribution in [0.5, 0.6) is 0 Å². The van der Waals surface area contributed by atoms with Crippen molar-refractivity contribution in [2.45, 2.75) is 26.3 Å². The Morgan fingerprint density at radius 3 is 2.86 bits per heavy atom. The zero-order valence-electron chi connectivity index (χ0n) is 8.58. The molecule has 1 aliphatic rings. The fourth-order valence-corrected chi connectivity index (χ4v) is 1.49. The number of benzene rings is 1. The first-order chi connectivity index (χ1) is 6.79. The molecular weight excluding hydrogens is 176 g/mol. The van der Waals surface area contributed by atoms with Crippen LogP contribution in [0.25, 0.3) is 0 Å². The Bertz CT molecular complexity index is 323. The van der Waals surface area contributed by atoms with Crippen molar-refractivity contribution in [1.29, 1.82) is 0 Å². The summed E-state index contributed by atoms with van der Waals surface area (Å²) in [6.07, 6.45) is 1.68. The average Bonchev–Trinajstić information content (AvgIpc) is 2.62. The maximum absolute atomic E-state index is 10.5. The molecule has 3 heteroatoms. The van der Waals surface area contributed by atoms with E-state index in [0.717, 1.165) is 29.6 Å². The van der Waals surface area contributed by atoms with Crippen LogP contribution in [-0.4, -0.2) is 12.3 Å². The van der Waals surface area contributed by atoms with Gasteiger partial charge in [-0.15, -0.1) is 0 Å². The lowest BCUT2D eigenvalue weighted by molar-refractivity contribution is -0.108. The van der Waals surface area contributed by atoms with Gasteiger partial charge in [-0.05, 0) is 23.8 Å². The summed E-state index contributed by atoms with van der Waals surface area (Å²) in [5.41, 5.74) is 8.51. The lowest BCUT2D eigenvalue weighted by atomic mass is 10.1. The average molecular weight is 192 g/mol. The predicted molar refractivity (Wildman–Crippen MR) is 59.4 cm³/mol. The van der Waals surface area contributed by atoms with Gasteiger partial charge in [0.25, 0.3) is 0 Å². The number of hydrogen-bond acceptors (Lipinski definition) is 3. The number of carbonyl (C=O) groups excluding carboxylic acids is 1. The molecule has 1 aromatic rings. The summed E-state index contributed by atoms with van der Waals surface area (Å²) in [5.74, 6) is 0. The molecule has 14 heavy (non-hydrogen) atoms. The monoisotopic (exact) mass is 192 g/mol. The molecule has 0 bridgehead atoms. The third kappa shape index (κ3) is 2.05. The fourth-order valence-electron chi connectivity index (χ4n) is 1.49. The SMILES string of the molecule is CC.Nc1ccc2c(c1)CC(C=O)N2. The van der Waals surface area contributed by atoms with Crippen molar-refractivity contribution in [1.82, 2.24) is 0 Å². The third-order valence-corrected chi connectivity index (χ3v) is 2.07. The Balaban J connectivity index is 0.000000461. The Kier molecular flexibility index (Phi) is 3.51. The van der Waals surface area contributed by atoms with E-state index in [-0.39, 0.29) is 6.04 Å². The van der Waals surface area contributed by atoms with Gasteiger partial charge >= 0.3 is 0 Å². The van der Waals surface area contributed by atoms with Crippen molar-refractivity contribution < 1.29 is 4.79 Å². The zero-order valence-corrected chi connectivity index (χ0v) is 8.58. The third-order valence-electron chi connectivity index (χ3n) is 2.07. The molecule has 0 saturated carbocycles. The number of hydrogen-bond donors (Lipinski definition) is 2. The van der Waals surface area contributed by atoms with Gasteiger partial charge in [0.2, 0.25) is 0 Å². The molecular formula is C11H16N2O. The highest BCUT2D eigenvalue weighted by molar-refractivity contribution is 5.73. The molecule has 0 fully saturated rings. The van der Waals surface area contributed by atoms with Crippen LogP contribution in [0.3, 0.4) is 0 Å². The minimum atomic E-state index is -0.0678.